The Labute approximate surface area is 150 Å². The maximum Gasteiger partial charge on any atom is 0.204 e. The summed E-state index contributed by atoms with van der Waals surface area (Å²) in [5, 5.41) is 0. The van der Waals surface area contributed by atoms with E-state index in [9.17, 15) is 9.59 Å². The van der Waals surface area contributed by atoms with Crippen LogP contribution in [0.15, 0.2) is 18.2 Å². The van der Waals surface area contributed by atoms with Crippen molar-refractivity contribution < 1.29 is 33.3 Å². The lowest BCUT2D eigenvalue weighted by molar-refractivity contribution is 0.0975. The van der Waals surface area contributed by atoms with Gasteiger partial charge in [0.15, 0.2) is 34.6 Å². The van der Waals surface area contributed by atoms with Crippen LogP contribution in [0.1, 0.15) is 31.8 Å². The Morgan fingerprint density at radius 2 is 1.00 bits per heavy atom. The second-order valence-electron chi connectivity index (χ2n) is 5.48. The van der Waals surface area contributed by atoms with Crippen molar-refractivity contribution in [2.75, 3.05) is 35.5 Å². The maximum atomic E-state index is 13.1. The number of fused-ring (bicyclic) bond motifs is 2. The molecule has 0 saturated carbocycles. The van der Waals surface area contributed by atoms with Crippen molar-refractivity contribution >= 4 is 11.6 Å². The summed E-state index contributed by atoms with van der Waals surface area (Å²) in [5.41, 5.74) is 0.763. The molecule has 0 atom stereocenters. The van der Waals surface area contributed by atoms with Crippen LogP contribution in [-0.2, 0) is 0 Å². The van der Waals surface area contributed by atoms with E-state index in [1.54, 1.807) is 0 Å². The average Bonchev–Trinajstić information content (AvgIpc) is 2.68. The molecule has 0 bridgehead atoms. The molecule has 0 saturated heterocycles. The van der Waals surface area contributed by atoms with Gasteiger partial charge in [0.1, 0.15) is 0 Å². The summed E-state index contributed by atoms with van der Waals surface area (Å²) >= 11 is 0. The van der Waals surface area contributed by atoms with Gasteiger partial charge < -0.3 is 23.7 Å². The molecule has 7 nitrogen and oxygen atoms in total. The number of carbonyl (C=O) groups excluding carboxylic acids is 2. The molecule has 0 aliphatic heterocycles. The quantitative estimate of drug-likeness (QED) is 0.693. The van der Waals surface area contributed by atoms with Gasteiger partial charge in [-0.1, -0.05) is 0 Å². The first-order valence-electron chi connectivity index (χ1n) is 7.70. The first-order valence-corrected chi connectivity index (χ1v) is 7.70. The fourth-order valence-electron chi connectivity index (χ4n) is 3.10. The molecular weight excluding hydrogens is 340 g/mol. The molecule has 1 aliphatic rings. The van der Waals surface area contributed by atoms with Crippen LogP contribution >= 0.6 is 0 Å². The summed E-state index contributed by atoms with van der Waals surface area (Å²) in [6.45, 7) is 0. The van der Waals surface area contributed by atoms with Crippen molar-refractivity contribution in [2.45, 2.75) is 0 Å². The van der Waals surface area contributed by atoms with Crippen LogP contribution in [0.25, 0.3) is 0 Å². The second-order valence-corrected chi connectivity index (χ2v) is 5.48. The van der Waals surface area contributed by atoms with E-state index in [1.165, 1.54) is 53.7 Å². The van der Waals surface area contributed by atoms with Crippen LogP contribution in [0, 0.1) is 0 Å². The van der Waals surface area contributed by atoms with Crippen LogP contribution < -0.4 is 23.7 Å². The Morgan fingerprint density at radius 1 is 0.538 bits per heavy atom. The number of ether oxygens (including phenoxy) is 5. The fraction of sp³-hybridized carbons (Fsp3) is 0.263. The van der Waals surface area contributed by atoms with E-state index in [2.05, 4.69) is 0 Å². The monoisotopic (exact) mass is 358 g/mol. The number of methoxy groups -OCH3 is 5. The van der Waals surface area contributed by atoms with E-state index in [-0.39, 0.29) is 45.3 Å². The van der Waals surface area contributed by atoms with Gasteiger partial charge in [-0.2, -0.15) is 0 Å². The third-order valence-electron chi connectivity index (χ3n) is 4.31. The molecule has 26 heavy (non-hydrogen) atoms. The number of hydrogen-bond donors (Lipinski definition) is 0. The van der Waals surface area contributed by atoms with Crippen molar-refractivity contribution in [3.63, 3.8) is 0 Å². The van der Waals surface area contributed by atoms with Crippen LogP contribution in [0.2, 0.25) is 0 Å². The van der Waals surface area contributed by atoms with Crippen molar-refractivity contribution in [1.29, 1.82) is 0 Å². The largest absolute Gasteiger partial charge is 0.493 e. The zero-order valence-electron chi connectivity index (χ0n) is 15.1. The Bertz CT molecular complexity index is 915. The van der Waals surface area contributed by atoms with Crippen LogP contribution in [0.3, 0.4) is 0 Å². The van der Waals surface area contributed by atoms with Crippen molar-refractivity contribution in [3.05, 3.63) is 40.5 Å². The van der Waals surface area contributed by atoms with Gasteiger partial charge in [-0.05, 0) is 18.2 Å². The first-order chi connectivity index (χ1) is 12.5. The predicted molar refractivity (Wildman–Crippen MR) is 92.5 cm³/mol. The molecule has 2 aromatic rings. The van der Waals surface area contributed by atoms with E-state index in [1.807, 2.05) is 0 Å². The third-order valence-corrected chi connectivity index (χ3v) is 4.31. The molecule has 0 fully saturated rings. The molecule has 136 valence electrons. The number of carbonyl (C=O) groups is 2. The zero-order valence-corrected chi connectivity index (χ0v) is 15.1. The van der Waals surface area contributed by atoms with Gasteiger partial charge in [-0.3, -0.25) is 9.59 Å². The Kier molecular flexibility index (Phi) is 4.46. The number of ketones is 2. The Morgan fingerprint density at radius 3 is 1.46 bits per heavy atom. The standard InChI is InChI=1S/C19H18O7/c1-22-12-6-9-10(7-13(12)23-2)17(21)15-11(16(9)20)8-14(24-3)18(25-4)19(15)26-5/h6-8H,1-5H3. The highest BCUT2D eigenvalue weighted by molar-refractivity contribution is 6.30. The summed E-state index contributed by atoms with van der Waals surface area (Å²) in [5.74, 6) is 0.717. The maximum absolute atomic E-state index is 13.1. The number of hydrogen-bond acceptors (Lipinski definition) is 7. The van der Waals surface area contributed by atoms with Crippen LogP contribution in [0.4, 0.5) is 0 Å². The summed E-state index contributed by atoms with van der Waals surface area (Å²) in [6.07, 6.45) is 0. The highest BCUT2D eigenvalue weighted by atomic mass is 16.5. The summed E-state index contributed by atoms with van der Waals surface area (Å²) in [4.78, 5) is 26.2. The molecule has 3 rings (SSSR count). The predicted octanol–water partition coefficient (Wildman–Crippen LogP) is 2.51. The van der Waals surface area contributed by atoms with Gasteiger partial charge in [0.2, 0.25) is 5.75 Å². The first kappa shape index (κ1) is 17.6. The van der Waals surface area contributed by atoms with Crippen molar-refractivity contribution in [2.24, 2.45) is 0 Å². The highest BCUT2D eigenvalue weighted by Gasteiger charge is 2.36. The molecule has 7 heteroatoms. The van der Waals surface area contributed by atoms with Gasteiger partial charge in [-0.25, -0.2) is 0 Å². The summed E-state index contributed by atoms with van der Waals surface area (Å²) in [7, 11) is 7.20. The van der Waals surface area contributed by atoms with Gasteiger partial charge in [0, 0.05) is 16.7 Å². The van der Waals surface area contributed by atoms with E-state index >= 15 is 0 Å². The van der Waals surface area contributed by atoms with Gasteiger partial charge in [-0.15, -0.1) is 0 Å². The number of rotatable bonds is 5. The summed E-state index contributed by atoms with van der Waals surface area (Å²) < 4.78 is 26.5. The molecule has 1 aliphatic carbocycles. The van der Waals surface area contributed by atoms with Crippen molar-refractivity contribution in [3.8, 4) is 28.7 Å². The third kappa shape index (κ3) is 2.35. The second kappa shape index (κ2) is 6.59. The number of benzene rings is 2. The minimum absolute atomic E-state index is 0.134. The molecule has 0 spiro atoms. The van der Waals surface area contributed by atoms with E-state index in [0.29, 0.717) is 17.2 Å². The molecule has 0 amide bonds. The van der Waals surface area contributed by atoms with E-state index in [0.717, 1.165) is 0 Å². The Hall–Kier alpha value is -3.22. The van der Waals surface area contributed by atoms with Gasteiger partial charge in [0.25, 0.3) is 0 Å². The van der Waals surface area contributed by atoms with E-state index < -0.39 is 0 Å². The van der Waals surface area contributed by atoms with Gasteiger partial charge in [0.05, 0.1) is 41.1 Å². The SMILES string of the molecule is COc1cc2c(cc1OC)C(=O)c1c(cc(OC)c(OC)c1OC)C2=O. The lowest BCUT2D eigenvalue weighted by Gasteiger charge is -2.23. The molecule has 0 unspecified atom stereocenters. The molecule has 0 heterocycles. The molecular formula is C19H18O7. The zero-order chi connectivity index (χ0) is 19.0. The molecule has 0 N–H and O–H groups in total. The van der Waals surface area contributed by atoms with Gasteiger partial charge >= 0.3 is 0 Å². The van der Waals surface area contributed by atoms with E-state index in [4.69, 9.17) is 23.7 Å². The lowest BCUT2D eigenvalue weighted by atomic mass is 9.83. The topological polar surface area (TPSA) is 80.3 Å². The lowest BCUT2D eigenvalue weighted by Crippen LogP contribution is -2.22. The molecule has 2 aromatic carbocycles. The fourth-order valence-corrected chi connectivity index (χ4v) is 3.10. The molecule has 0 aromatic heterocycles. The smallest absolute Gasteiger partial charge is 0.204 e. The minimum Gasteiger partial charge on any atom is -0.493 e. The average molecular weight is 358 g/mol. The highest BCUT2D eigenvalue weighted by Crippen LogP contribution is 2.46. The van der Waals surface area contributed by atoms with Crippen LogP contribution in [-0.4, -0.2) is 47.1 Å². The van der Waals surface area contributed by atoms with Crippen molar-refractivity contribution in [1.82, 2.24) is 0 Å². The van der Waals surface area contributed by atoms with Crippen LogP contribution in [0.5, 0.6) is 28.7 Å². The summed E-state index contributed by atoms with van der Waals surface area (Å²) in [6, 6.07) is 4.48. The molecule has 0 radical (unpaired) electrons. The minimum atomic E-state index is -0.367. The Balaban J connectivity index is 2.34. The normalized spacial score (nSPS) is 12.2.